The van der Waals surface area contributed by atoms with Crippen molar-refractivity contribution in [2.75, 3.05) is 7.11 Å². The van der Waals surface area contributed by atoms with E-state index >= 15 is 0 Å². The molecule has 1 unspecified atom stereocenters. The largest absolute Gasteiger partial charge is 0.497 e. The molecule has 1 aromatic heterocycles. The minimum absolute atomic E-state index is 0.693. The normalized spacial score (nSPS) is 12.2. The molecular formula is C16H19NO2. The number of pyridine rings is 1. The van der Waals surface area contributed by atoms with E-state index in [0.717, 1.165) is 34.6 Å². The Hall–Kier alpha value is -1.87. The molecule has 0 saturated carbocycles. The minimum Gasteiger partial charge on any atom is -0.497 e. The Bertz CT molecular complexity index is 566. The lowest BCUT2D eigenvalue weighted by atomic mass is 9.97. The van der Waals surface area contributed by atoms with Crippen LogP contribution in [0, 0.1) is 6.92 Å². The number of aliphatic hydroxyl groups excluding tert-OH is 1. The second kappa shape index (κ2) is 5.85. The number of hydrogen-bond donors (Lipinski definition) is 1. The monoisotopic (exact) mass is 257 g/mol. The number of aromatic nitrogens is 1. The van der Waals surface area contributed by atoms with Gasteiger partial charge in [0.1, 0.15) is 11.9 Å². The summed E-state index contributed by atoms with van der Waals surface area (Å²) in [4.78, 5) is 4.33. The maximum absolute atomic E-state index is 10.5. The molecule has 1 heterocycles. The summed E-state index contributed by atoms with van der Waals surface area (Å²) in [6, 6.07) is 9.58. The predicted molar refractivity (Wildman–Crippen MR) is 75.4 cm³/mol. The van der Waals surface area contributed by atoms with Crippen LogP contribution < -0.4 is 4.74 Å². The van der Waals surface area contributed by atoms with Gasteiger partial charge in [0.05, 0.1) is 12.8 Å². The lowest BCUT2D eigenvalue weighted by Crippen LogP contribution is -2.07. The molecule has 1 atom stereocenters. The van der Waals surface area contributed by atoms with Gasteiger partial charge >= 0.3 is 0 Å². The third-order valence-corrected chi connectivity index (χ3v) is 3.34. The topological polar surface area (TPSA) is 42.4 Å². The Morgan fingerprint density at radius 3 is 2.74 bits per heavy atom. The number of nitrogens with zero attached hydrogens (tertiary/aromatic N) is 1. The number of rotatable bonds is 4. The third-order valence-electron chi connectivity index (χ3n) is 3.34. The summed E-state index contributed by atoms with van der Waals surface area (Å²) < 4.78 is 5.18. The summed E-state index contributed by atoms with van der Waals surface area (Å²) in [6.07, 6.45) is 1.88. The van der Waals surface area contributed by atoms with E-state index < -0.39 is 6.10 Å². The van der Waals surface area contributed by atoms with E-state index in [2.05, 4.69) is 11.9 Å². The predicted octanol–water partition coefficient (Wildman–Crippen LogP) is 3.04. The van der Waals surface area contributed by atoms with Gasteiger partial charge in [0.25, 0.3) is 0 Å². The molecule has 1 aromatic carbocycles. The molecule has 2 rings (SSSR count). The number of aliphatic hydroxyl groups is 1. The van der Waals surface area contributed by atoms with Gasteiger partial charge in [0.2, 0.25) is 0 Å². The first-order chi connectivity index (χ1) is 9.17. The van der Waals surface area contributed by atoms with Crippen LogP contribution in [0.5, 0.6) is 5.75 Å². The summed E-state index contributed by atoms with van der Waals surface area (Å²) in [5, 5.41) is 10.5. The zero-order chi connectivity index (χ0) is 13.8. The van der Waals surface area contributed by atoms with Crippen molar-refractivity contribution in [3.63, 3.8) is 0 Å². The van der Waals surface area contributed by atoms with Crippen molar-refractivity contribution in [3.05, 3.63) is 58.9 Å². The summed E-state index contributed by atoms with van der Waals surface area (Å²) >= 11 is 0. The Kier molecular flexibility index (Phi) is 4.17. The van der Waals surface area contributed by atoms with Crippen LogP contribution in [0.3, 0.4) is 0 Å². The van der Waals surface area contributed by atoms with Gasteiger partial charge in [-0.05, 0) is 48.2 Å². The Morgan fingerprint density at radius 2 is 2.11 bits per heavy atom. The fraction of sp³-hybridized carbons (Fsp3) is 0.312. The molecule has 0 aliphatic carbocycles. The van der Waals surface area contributed by atoms with Gasteiger partial charge in [0.15, 0.2) is 0 Å². The molecule has 0 aliphatic heterocycles. The summed E-state index contributed by atoms with van der Waals surface area (Å²) in [7, 11) is 1.64. The van der Waals surface area contributed by atoms with Crippen molar-refractivity contribution >= 4 is 0 Å². The molecule has 2 aromatic rings. The van der Waals surface area contributed by atoms with E-state index in [1.807, 2.05) is 37.3 Å². The molecule has 19 heavy (non-hydrogen) atoms. The molecule has 0 aliphatic rings. The molecule has 0 radical (unpaired) electrons. The van der Waals surface area contributed by atoms with Crippen molar-refractivity contribution in [1.29, 1.82) is 0 Å². The van der Waals surface area contributed by atoms with Gasteiger partial charge in [-0.2, -0.15) is 0 Å². The molecule has 3 heteroatoms. The number of aryl methyl sites for hydroxylation is 2. The van der Waals surface area contributed by atoms with Crippen molar-refractivity contribution < 1.29 is 9.84 Å². The second-order valence-electron chi connectivity index (χ2n) is 4.53. The van der Waals surface area contributed by atoms with E-state index in [1.54, 1.807) is 13.3 Å². The third kappa shape index (κ3) is 2.76. The number of hydrogen-bond acceptors (Lipinski definition) is 3. The highest BCUT2D eigenvalue weighted by atomic mass is 16.5. The van der Waals surface area contributed by atoms with Crippen LogP contribution in [0.4, 0.5) is 0 Å². The lowest BCUT2D eigenvalue weighted by Gasteiger charge is -2.16. The standard InChI is InChI=1S/C16H19NO2/c1-4-12-6-5-9-17-15(12)16(18)14-8-7-13(19-3)10-11(14)2/h5-10,16,18H,4H2,1-3H3. The van der Waals surface area contributed by atoms with E-state index in [0.29, 0.717) is 0 Å². The molecule has 0 bridgehead atoms. The second-order valence-corrected chi connectivity index (χ2v) is 4.53. The molecule has 0 spiro atoms. The van der Waals surface area contributed by atoms with Crippen molar-refractivity contribution in [2.24, 2.45) is 0 Å². The van der Waals surface area contributed by atoms with Gasteiger partial charge in [-0.15, -0.1) is 0 Å². The average Bonchev–Trinajstić information content (AvgIpc) is 2.46. The maximum Gasteiger partial charge on any atom is 0.121 e. The van der Waals surface area contributed by atoms with Crippen molar-refractivity contribution in [2.45, 2.75) is 26.4 Å². The van der Waals surface area contributed by atoms with Crippen LogP contribution in [0.15, 0.2) is 36.5 Å². The van der Waals surface area contributed by atoms with E-state index in [9.17, 15) is 5.11 Å². The Labute approximate surface area is 113 Å². The van der Waals surface area contributed by atoms with Gasteiger partial charge in [0, 0.05) is 6.20 Å². The molecule has 100 valence electrons. The highest BCUT2D eigenvalue weighted by molar-refractivity contribution is 5.40. The number of benzene rings is 1. The molecule has 0 amide bonds. The average molecular weight is 257 g/mol. The zero-order valence-electron chi connectivity index (χ0n) is 11.6. The SMILES string of the molecule is CCc1cccnc1C(O)c1ccc(OC)cc1C. The fourth-order valence-electron chi connectivity index (χ4n) is 2.23. The van der Waals surface area contributed by atoms with Crippen LogP contribution in [-0.2, 0) is 6.42 Å². The quantitative estimate of drug-likeness (QED) is 0.915. The number of ether oxygens (including phenoxy) is 1. The first-order valence-corrected chi connectivity index (χ1v) is 6.43. The summed E-state index contributed by atoms with van der Waals surface area (Å²) in [6.45, 7) is 4.03. The van der Waals surface area contributed by atoms with Crippen molar-refractivity contribution in [3.8, 4) is 5.75 Å². The van der Waals surface area contributed by atoms with Crippen LogP contribution in [0.1, 0.15) is 35.4 Å². The fourth-order valence-corrected chi connectivity index (χ4v) is 2.23. The van der Waals surface area contributed by atoms with Gasteiger partial charge in [-0.3, -0.25) is 4.98 Å². The molecule has 0 saturated heterocycles. The molecule has 1 N–H and O–H groups in total. The van der Waals surface area contributed by atoms with Crippen LogP contribution in [0.2, 0.25) is 0 Å². The first-order valence-electron chi connectivity index (χ1n) is 6.43. The molecule has 0 fully saturated rings. The number of methoxy groups -OCH3 is 1. The molecular weight excluding hydrogens is 238 g/mol. The van der Waals surface area contributed by atoms with Gasteiger partial charge in [-0.25, -0.2) is 0 Å². The van der Waals surface area contributed by atoms with Crippen LogP contribution in [0.25, 0.3) is 0 Å². The van der Waals surface area contributed by atoms with Gasteiger partial charge < -0.3 is 9.84 Å². The van der Waals surface area contributed by atoms with Crippen molar-refractivity contribution in [1.82, 2.24) is 4.98 Å². The highest BCUT2D eigenvalue weighted by Gasteiger charge is 2.17. The highest BCUT2D eigenvalue weighted by Crippen LogP contribution is 2.28. The van der Waals surface area contributed by atoms with Gasteiger partial charge in [-0.1, -0.05) is 19.1 Å². The Balaban J connectivity index is 2.41. The minimum atomic E-state index is -0.693. The van der Waals surface area contributed by atoms with E-state index in [1.165, 1.54) is 0 Å². The van der Waals surface area contributed by atoms with Crippen LogP contribution >= 0.6 is 0 Å². The maximum atomic E-state index is 10.5. The summed E-state index contributed by atoms with van der Waals surface area (Å²) in [5.41, 5.74) is 3.68. The van der Waals surface area contributed by atoms with E-state index in [4.69, 9.17) is 4.74 Å². The van der Waals surface area contributed by atoms with Crippen LogP contribution in [-0.4, -0.2) is 17.2 Å². The lowest BCUT2D eigenvalue weighted by molar-refractivity contribution is 0.213. The molecule has 3 nitrogen and oxygen atoms in total. The van der Waals surface area contributed by atoms with E-state index in [-0.39, 0.29) is 0 Å². The zero-order valence-corrected chi connectivity index (χ0v) is 11.6. The summed E-state index contributed by atoms with van der Waals surface area (Å²) in [5.74, 6) is 0.796. The first kappa shape index (κ1) is 13.6. The Morgan fingerprint density at radius 1 is 1.32 bits per heavy atom. The smallest absolute Gasteiger partial charge is 0.121 e.